The quantitative estimate of drug-likeness (QED) is 0.770. The van der Waals surface area contributed by atoms with Crippen LogP contribution in [0.25, 0.3) is 0 Å². The number of benzene rings is 1. The number of pyridine rings is 1. The topological polar surface area (TPSA) is 66.5 Å². The van der Waals surface area contributed by atoms with Crippen LogP contribution in [-0.4, -0.2) is 43.2 Å². The zero-order valence-electron chi connectivity index (χ0n) is 17.1. The smallest absolute Gasteiger partial charge is 0.255 e. The molecule has 0 aliphatic carbocycles. The van der Waals surface area contributed by atoms with Gasteiger partial charge >= 0.3 is 0 Å². The molecule has 6 nitrogen and oxygen atoms in total. The lowest BCUT2D eigenvalue weighted by atomic mass is 9.99. The normalized spacial score (nSPS) is 19.9. The highest BCUT2D eigenvalue weighted by molar-refractivity contribution is 6.04. The van der Waals surface area contributed by atoms with Gasteiger partial charge < -0.3 is 20.3 Å². The predicted octanol–water partition coefficient (Wildman–Crippen LogP) is 4.16. The zero-order valence-corrected chi connectivity index (χ0v) is 17.1. The molecule has 0 radical (unpaired) electrons. The van der Waals surface area contributed by atoms with Gasteiger partial charge in [0.05, 0.1) is 6.10 Å². The maximum Gasteiger partial charge on any atom is 0.255 e. The highest BCUT2D eigenvalue weighted by Gasteiger charge is 2.17. The maximum atomic E-state index is 12.6. The highest BCUT2D eigenvalue weighted by atomic mass is 16.5. The minimum absolute atomic E-state index is 0.132. The second kappa shape index (κ2) is 9.27. The number of hydrogen-bond acceptors (Lipinski definition) is 5. The van der Waals surface area contributed by atoms with Crippen molar-refractivity contribution in [2.24, 2.45) is 5.92 Å². The molecule has 29 heavy (non-hydrogen) atoms. The van der Waals surface area contributed by atoms with E-state index in [1.165, 1.54) is 18.5 Å². The Morgan fingerprint density at radius 3 is 2.69 bits per heavy atom. The van der Waals surface area contributed by atoms with Gasteiger partial charge in [0.2, 0.25) is 0 Å². The Labute approximate surface area is 172 Å². The van der Waals surface area contributed by atoms with Crippen molar-refractivity contribution in [3.63, 3.8) is 0 Å². The highest BCUT2D eigenvalue weighted by Crippen LogP contribution is 2.24. The molecular weight excluding hydrogens is 364 g/mol. The van der Waals surface area contributed by atoms with E-state index >= 15 is 0 Å². The van der Waals surface area contributed by atoms with E-state index in [4.69, 9.17) is 4.74 Å². The first kappa shape index (κ1) is 19.7. The van der Waals surface area contributed by atoms with E-state index < -0.39 is 0 Å². The van der Waals surface area contributed by atoms with Gasteiger partial charge in [-0.15, -0.1) is 0 Å². The number of nitrogens with zero attached hydrogens (tertiary/aromatic N) is 2. The summed E-state index contributed by atoms with van der Waals surface area (Å²) < 4.78 is 5.62. The van der Waals surface area contributed by atoms with Crippen molar-refractivity contribution in [2.75, 3.05) is 41.8 Å². The molecule has 0 spiro atoms. The number of carbonyl (C=O) groups is 1. The van der Waals surface area contributed by atoms with Gasteiger partial charge in [-0.25, -0.2) is 4.98 Å². The fourth-order valence-electron chi connectivity index (χ4n) is 3.92. The molecule has 2 aliphatic heterocycles. The van der Waals surface area contributed by atoms with Crippen molar-refractivity contribution in [1.29, 1.82) is 0 Å². The molecule has 2 aliphatic rings. The first-order valence-electron chi connectivity index (χ1n) is 10.7. The Morgan fingerprint density at radius 1 is 1.17 bits per heavy atom. The van der Waals surface area contributed by atoms with E-state index in [2.05, 4.69) is 39.6 Å². The summed E-state index contributed by atoms with van der Waals surface area (Å²) in [6.45, 7) is 6.07. The molecule has 0 saturated carbocycles. The molecule has 1 amide bonds. The predicted molar refractivity (Wildman–Crippen MR) is 117 cm³/mol. The minimum Gasteiger partial charge on any atom is -0.376 e. The van der Waals surface area contributed by atoms with Crippen LogP contribution >= 0.6 is 0 Å². The summed E-state index contributed by atoms with van der Waals surface area (Å²) in [5.74, 6) is 1.38. The van der Waals surface area contributed by atoms with Crippen LogP contribution in [0.4, 0.5) is 17.2 Å². The Balaban J connectivity index is 1.33. The van der Waals surface area contributed by atoms with E-state index in [1.54, 1.807) is 18.3 Å². The van der Waals surface area contributed by atoms with Crippen LogP contribution in [-0.2, 0) is 4.74 Å². The van der Waals surface area contributed by atoms with Gasteiger partial charge in [0.15, 0.2) is 0 Å². The summed E-state index contributed by atoms with van der Waals surface area (Å²) in [7, 11) is 0. The second-order valence-electron chi connectivity index (χ2n) is 8.12. The molecular formula is C23H30N4O2. The van der Waals surface area contributed by atoms with Gasteiger partial charge in [-0.05, 0) is 68.0 Å². The Kier molecular flexibility index (Phi) is 6.30. The van der Waals surface area contributed by atoms with Crippen LogP contribution < -0.4 is 15.5 Å². The fourth-order valence-corrected chi connectivity index (χ4v) is 3.92. The molecule has 1 atom stereocenters. The number of aromatic nitrogens is 1. The van der Waals surface area contributed by atoms with Crippen LogP contribution in [0.1, 0.15) is 43.0 Å². The number of anilines is 3. The molecule has 1 aromatic heterocycles. The fraction of sp³-hybridized carbons (Fsp3) is 0.478. The number of nitrogens with one attached hydrogen (secondary N) is 2. The summed E-state index contributed by atoms with van der Waals surface area (Å²) in [6.07, 6.45) is 6.55. The van der Waals surface area contributed by atoms with E-state index in [1.807, 2.05) is 12.1 Å². The third-order valence-corrected chi connectivity index (χ3v) is 5.83. The van der Waals surface area contributed by atoms with Gasteiger partial charge in [0.25, 0.3) is 5.91 Å². The first-order chi connectivity index (χ1) is 14.2. The summed E-state index contributed by atoms with van der Waals surface area (Å²) in [4.78, 5) is 19.4. The van der Waals surface area contributed by atoms with E-state index in [0.29, 0.717) is 11.4 Å². The van der Waals surface area contributed by atoms with Crippen LogP contribution in [0.3, 0.4) is 0 Å². The molecule has 3 heterocycles. The Hall–Kier alpha value is -2.60. The third kappa shape index (κ3) is 5.26. The number of amides is 1. The summed E-state index contributed by atoms with van der Waals surface area (Å²) in [5, 5.41) is 6.25. The third-order valence-electron chi connectivity index (χ3n) is 5.83. The Morgan fingerprint density at radius 2 is 1.97 bits per heavy atom. The Bertz CT molecular complexity index is 810. The van der Waals surface area contributed by atoms with Gasteiger partial charge in [0, 0.05) is 49.4 Å². The van der Waals surface area contributed by atoms with Crippen molar-refractivity contribution in [3.8, 4) is 0 Å². The lowest BCUT2D eigenvalue weighted by Crippen LogP contribution is -2.32. The number of ether oxygens (including phenoxy) is 1. The molecule has 1 aromatic carbocycles. The van der Waals surface area contributed by atoms with Crippen LogP contribution in [0.2, 0.25) is 0 Å². The zero-order chi connectivity index (χ0) is 20.1. The molecule has 6 heteroatoms. The van der Waals surface area contributed by atoms with Gasteiger partial charge in [-0.3, -0.25) is 4.79 Å². The van der Waals surface area contributed by atoms with E-state index in [0.717, 1.165) is 50.7 Å². The number of carbonyl (C=O) groups excluding carboxylic acids is 1. The average Bonchev–Trinajstić information content (AvgIpc) is 3.27. The lowest BCUT2D eigenvalue weighted by molar-refractivity contribution is 0.102. The van der Waals surface area contributed by atoms with Crippen LogP contribution in [0.5, 0.6) is 0 Å². The number of piperidine rings is 1. The second-order valence-corrected chi connectivity index (χ2v) is 8.12. The monoisotopic (exact) mass is 394 g/mol. The lowest BCUT2D eigenvalue weighted by Gasteiger charge is -2.32. The molecule has 2 fully saturated rings. The minimum atomic E-state index is -0.132. The average molecular weight is 395 g/mol. The van der Waals surface area contributed by atoms with Crippen molar-refractivity contribution in [1.82, 2.24) is 4.98 Å². The molecule has 4 rings (SSSR count). The van der Waals surface area contributed by atoms with E-state index in [-0.39, 0.29) is 12.0 Å². The number of hydrogen-bond donors (Lipinski definition) is 2. The van der Waals surface area contributed by atoms with Crippen molar-refractivity contribution >= 4 is 23.1 Å². The molecule has 2 aromatic rings. The number of rotatable bonds is 6. The molecule has 1 unspecified atom stereocenters. The van der Waals surface area contributed by atoms with Crippen LogP contribution in [0, 0.1) is 5.92 Å². The standard InChI is InChI=1S/C23H30N4O2/c1-17-9-12-27(13-10-17)20-6-4-19(5-7-20)26-23(28)18-8-11-24-22(15-18)25-16-21-3-2-14-29-21/h4-8,11,15,17,21H,2-3,9-10,12-14,16H2,1H3,(H,24,25)(H,26,28). The van der Waals surface area contributed by atoms with Gasteiger partial charge in [-0.1, -0.05) is 6.92 Å². The largest absolute Gasteiger partial charge is 0.376 e. The summed E-state index contributed by atoms with van der Waals surface area (Å²) in [6, 6.07) is 11.6. The summed E-state index contributed by atoms with van der Waals surface area (Å²) >= 11 is 0. The SMILES string of the molecule is CC1CCN(c2ccc(NC(=O)c3ccnc(NCC4CCCO4)c3)cc2)CC1. The van der Waals surface area contributed by atoms with E-state index in [9.17, 15) is 4.79 Å². The van der Waals surface area contributed by atoms with Crippen molar-refractivity contribution in [3.05, 3.63) is 48.2 Å². The van der Waals surface area contributed by atoms with Crippen molar-refractivity contribution in [2.45, 2.75) is 38.7 Å². The van der Waals surface area contributed by atoms with Crippen LogP contribution in [0.15, 0.2) is 42.6 Å². The molecule has 0 bridgehead atoms. The molecule has 154 valence electrons. The van der Waals surface area contributed by atoms with Gasteiger partial charge in [-0.2, -0.15) is 0 Å². The van der Waals surface area contributed by atoms with Gasteiger partial charge in [0.1, 0.15) is 5.82 Å². The summed E-state index contributed by atoms with van der Waals surface area (Å²) in [5.41, 5.74) is 2.61. The first-order valence-corrected chi connectivity index (χ1v) is 10.7. The van der Waals surface area contributed by atoms with Crippen molar-refractivity contribution < 1.29 is 9.53 Å². The maximum absolute atomic E-state index is 12.6. The molecule has 2 saturated heterocycles. The molecule has 2 N–H and O–H groups in total.